The topological polar surface area (TPSA) is 29.5 Å². The van der Waals surface area contributed by atoms with Gasteiger partial charge in [-0.2, -0.15) is 0 Å². The number of aliphatic hydroxyl groups is 1. The van der Waals surface area contributed by atoms with E-state index in [4.69, 9.17) is 4.74 Å². The van der Waals surface area contributed by atoms with Crippen LogP contribution in [-0.4, -0.2) is 11.7 Å². The zero-order chi connectivity index (χ0) is 14.8. The van der Waals surface area contributed by atoms with Crippen molar-refractivity contribution in [3.05, 3.63) is 63.4 Å². The lowest BCUT2D eigenvalue weighted by atomic mass is 10.00. The highest BCUT2D eigenvalue weighted by atomic mass is 79.9. The maximum Gasteiger partial charge on any atom is 0.125 e. The lowest BCUT2D eigenvalue weighted by Gasteiger charge is -2.16. The second-order valence-corrected chi connectivity index (χ2v) is 6.53. The summed E-state index contributed by atoms with van der Waals surface area (Å²) in [7, 11) is 0. The molecule has 3 aromatic rings. The van der Waals surface area contributed by atoms with Crippen LogP contribution in [0.4, 0.5) is 0 Å². The Kier molecular flexibility index (Phi) is 4.29. The normalized spacial score (nSPS) is 12.5. The van der Waals surface area contributed by atoms with Crippen LogP contribution in [0.15, 0.2) is 52.3 Å². The van der Waals surface area contributed by atoms with E-state index in [9.17, 15) is 5.11 Å². The van der Waals surface area contributed by atoms with Crippen molar-refractivity contribution in [2.45, 2.75) is 13.0 Å². The van der Waals surface area contributed by atoms with Gasteiger partial charge in [0.2, 0.25) is 0 Å². The Bertz CT molecular complexity index is 766. The number of rotatable bonds is 4. The number of thiophene rings is 1. The van der Waals surface area contributed by atoms with Gasteiger partial charge in [-0.1, -0.05) is 34.1 Å². The molecule has 0 bridgehead atoms. The first-order valence-corrected chi connectivity index (χ1v) is 8.44. The molecule has 0 spiro atoms. The van der Waals surface area contributed by atoms with Crippen molar-refractivity contribution in [1.82, 2.24) is 0 Å². The van der Waals surface area contributed by atoms with Gasteiger partial charge >= 0.3 is 0 Å². The van der Waals surface area contributed by atoms with Crippen molar-refractivity contribution < 1.29 is 9.84 Å². The molecule has 1 unspecified atom stereocenters. The molecule has 1 aromatic heterocycles. The lowest BCUT2D eigenvalue weighted by Crippen LogP contribution is -2.03. The van der Waals surface area contributed by atoms with Crippen molar-refractivity contribution in [2.75, 3.05) is 6.61 Å². The first-order valence-electron chi connectivity index (χ1n) is 6.77. The van der Waals surface area contributed by atoms with E-state index < -0.39 is 6.10 Å². The molecule has 1 N–H and O–H groups in total. The molecule has 21 heavy (non-hydrogen) atoms. The second-order valence-electron chi connectivity index (χ2n) is 4.70. The predicted molar refractivity (Wildman–Crippen MR) is 91.2 cm³/mol. The zero-order valence-electron chi connectivity index (χ0n) is 11.5. The summed E-state index contributed by atoms with van der Waals surface area (Å²) in [4.78, 5) is 0. The van der Waals surface area contributed by atoms with Crippen molar-refractivity contribution in [3.63, 3.8) is 0 Å². The standard InChI is InChI=1S/C17H15BrO2S/c1-2-20-15-8-7-11(18)9-13(15)17(19)14-10-21-16-6-4-3-5-12(14)16/h3-10,17,19H,2H2,1H3. The maximum absolute atomic E-state index is 10.8. The third kappa shape index (κ3) is 2.84. The Morgan fingerprint density at radius 3 is 2.81 bits per heavy atom. The molecule has 0 saturated heterocycles. The zero-order valence-corrected chi connectivity index (χ0v) is 13.9. The maximum atomic E-state index is 10.8. The van der Waals surface area contributed by atoms with Crippen LogP contribution in [0.5, 0.6) is 5.75 Å². The highest BCUT2D eigenvalue weighted by Gasteiger charge is 2.19. The van der Waals surface area contributed by atoms with Crippen LogP contribution in [0.3, 0.4) is 0 Å². The first-order chi connectivity index (χ1) is 10.2. The van der Waals surface area contributed by atoms with Gasteiger partial charge < -0.3 is 9.84 Å². The Morgan fingerprint density at radius 1 is 1.19 bits per heavy atom. The summed E-state index contributed by atoms with van der Waals surface area (Å²) >= 11 is 5.11. The Morgan fingerprint density at radius 2 is 2.00 bits per heavy atom. The van der Waals surface area contributed by atoms with Crippen LogP contribution < -0.4 is 4.74 Å². The average Bonchev–Trinajstić information content (AvgIpc) is 2.92. The van der Waals surface area contributed by atoms with Gasteiger partial charge in [0.05, 0.1) is 6.61 Å². The van der Waals surface area contributed by atoms with Gasteiger partial charge in [-0.25, -0.2) is 0 Å². The van der Waals surface area contributed by atoms with E-state index in [1.807, 2.05) is 48.7 Å². The summed E-state index contributed by atoms with van der Waals surface area (Å²) in [5.74, 6) is 0.725. The Balaban J connectivity index is 2.09. The van der Waals surface area contributed by atoms with E-state index in [-0.39, 0.29) is 0 Å². The van der Waals surface area contributed by atoms with Gasteiger partial charge in [-0.05, 0) is 42.0 Å². The molecule has 4 heteroatoms. The molecular weight excluding hydrogens is 348 g/mol. The SMILES string of the molecule is CCOc1ccc(Br)cc1C(O)c1csc2ccccc12. The number of hydrogen-bond acceptors (Lipinski definition) is 3. The number of ether oxygens (including phenoxy) is 1. The summed E-state index contributed by atoms with van der Waals surface area (Å²) in [6.45, 7) is 2.52. The molecule has 0 radical (unpaired) electrons. The van der Waals surface area contributed by atoms with E-state index in [1.54, 1.807) is 11.3 Å². The summed E-state index contributed by atoms with van der Waals surface area (Å²) in [5.41, 5.74) is 1.71. The Hall–Kier alpha value is -1.36. The lowest BCUT2D eigenvalue weighted by molar-refractivity contribution is 0.213. The molecule has 2 aromatic carbocycles. The monoisotopic (exact) mass is 362 g/mol. The predicted octanol–water partition coefficient (Wildman–Crippen LogP) is 5.14. The highest BCUT2D eigenvalue weighted by molar-refractivity contribution is 9.10. The number of aliphatic hydroxyl groups excluding tert-OH is 1. The highest BCUT2D eigenvalue weighted by Crippen LogP contribution is 2.37. The van der Waals surface area contributed by atoms with Gasteiger partial charge in [0.15, 0.2) is 0 Å². The van der Waals surface area contributed by atoms with E-state index in [1.165, 1.54) is 4.70 Å². The van der Waals surface area contributed by atoms with Gasteiger partial charge in [0.1, 0.15) is 11.9 Å². The van der Waals surface area contributed by atoms with Crippen LogP contribution in [0.2, 0.25) is 0 Å². The van der Waals surface area contributed by atoms with Gasteiger partial charge in [0.25, 0.3) is 0 Å². The van der Waals surface area contributed by atoms with Crippen molar-refractivity contribution >= 4 is 37.4 Å². The van der Waals surface area contributed by atoms with Gasteiger partial charge in [-0.3, -0.25) is 0 Å². The van der Waals surface area contributed by atoms with Gasteiger partial charge in [0, 0.05) is 20.3 Å². The van der Waals surface area contributed by atoms with Crippen LogP contribution >= 0.6 is 27.3 Å². The molecule has 1 atom stereocenters. The summed E-state index contributed by atoms with van der Waals surface area (Å²) < 4.78 is 7.76. The van der Waals surface area contributed by atoms with E-state index in [2.05, 4.69) is 22.0 Å². The Labute approximate surface area is 136 Å². The average molecular weight is 363 g/mol. The third-order valence-electron chi connectivity index (χ3n) is 3.37. The van der Waals surface area contributed by atoms with Crippen molar-refractivity contribution in [3.8, 4) is 5.75 Å². The number of benzene rings is 2. The van der Waals surface area contributed by atoms with Crippen LogP contribution in [0.1, 0.15) is 24.2 Å². The fourth-order valence-corrected chi connectivity index (χ4v) is 3.76. The molecule has 0 aliphatic rings. The summed E-state index contributed by atoms with van der Waals surface area (Å²) in [6.07, 6.45) is -0.694. The largest absolute Gasteiger partial charge is 0.493 e. The van der Waals surface area contributed by atoms with Crippen LogP contribution in [0.25, 0.3) is 10.1 Å². The third-order valence-corrected chi connectivity index (χ3v) is 4.85. The molecule has 108 valence electrons. The fraction of sp³-hybridized carbons (Fsp3) is 0.176. The first kappa shape index (κ1) is 14.6. The molecule has 2 nitrogen and oxygen atoms in total. The fourth-order valence-electron chi connectivity index (χ4n) is 2.40. The molecule has 0 saturated carbocycles. The molecule has 0 aliphatic carbocycles. The molecule has 3 rings (SSSR count). The van der Waals surface area contributed by atoms with Crippen LogP contribution in [0, 0.1) is 0 Å². The molecule has 0 fully saturated rings. The number of halogens is 1. The van der Waals surface area contributed by atoms with Crippen LogP contribution in [-0.2, 0) is 0 Å². The molecular formula is C17H15BrO2S. The van der Waals surface area contributed by atoms with Gasteiger partial charge in [-0.15, -0.1) is 11.3 Å². The second kappa shape index (κ2) is 6.18. The molecule has 0 amide bonds. The van der Waals surface area contributed by atoms with Crippen molar-refractivity contribution in [1.29, 1.82) is 0 Å². The minimum Gasteiger partial charge on any atom is -0.493 e. The smallest absolute Gasteiger partial charge is 0.125 e. The van der Waals surface area contributed by atoms with E-state index >= 15 is 0 Å². The van der Waals surface area contributed by atoms with Crippen molar-refractivity contribution in [2.24, 2.45) is 0 Å². The summed E-state index contributed by atoms with van der Waals surface area (Å²) in [6, 6.07) is 13.9. The quantitative estimate of drug-likeness (QED) is 0.695. The van der Waals surface area contributed by atoms with E-state index in [0.717, 1.165) is 26.7 Å². The number of hydrogen-bond donors (Lipinski definition) is 1. The molecule has 0 aliphatic heterocycles. The minimum atomic E-state index is -0.694. The minimum absolute atomic E-state index is 0.575. The van der Waals surface area contributed by atoms with E-state index in [0.29, 0.717) is 6.61 Å². The molecule has 1 heterocycles. The summed E-state index contributed by atoms with van der Waals surface area (Å²) in [5, 5.41) is 13.9. The number of fused-ring (bicyclic) bond motifs is 1.